The summed E-state index contributed by atoms with van der Waals surface area (Å²) in [6, 6.07) is 12.8. The summed E-state index contributed by atoms with van der Waals surface area (Å²) in [6.45, 7) is 0. The van der Waals surface area contributed by atoms with Crippen LogP contribution in [0.5, 0.6) is 0 Å². The van der Waals surface area contributed by atoms with Crippen molar-refractivity contribution in [2.45, 2.75) is 37.1 Å². The zero-order valence-electron chi connectivity index (χ0n) is 17.1. The van der Waals surface area contributed by atoms with Gasteiger partial charge < -0.3 is 15.7 Å². The van der Waals surface area contributed by atoms with Gasteiger partial charge in [-0.2, -0.15) is 0 Å². The van der Waals surface area contributed by atoms with E-state index >= 15 is 0 Å². The average Bonchev–Trinajstić information content (AvgIpc) is 3.51. The number of carboxylic acid groups (broad SMARTS) is 1. The summed E-state index contributed by atoms with van der Waals surface area (Å²) < 4.78 is 0. The first-order chi connectivity index (χ1) is 15.3. The van der Waals surface area contributed by atoms with Crippen molar-refractivity contribution in [2.24, 2.45) is 17.8 Å². The minimum absolute atomic E-state index is 0.0574. The lowest BCUT2D eigenvalue weighted by molar-refractivity contribution is -0.147. The van der Waals surface area contributed by atoms with Gasteiger partial charge in [-0.05, 0) is 60.9 Å². The maximum Gasteiger partial charge on any atom is 0.304 e. The number of amides is 2. The Morgan fingerprint density at radius 3 is 2.56 bits per heavy atom. The van der Waals surface area contributed by atoms with E-state index in [1.165, 1.54) is 0 Å². The van der Waals surface area contributed by atoms with Crippen LogP contribution < -0.4 is 10.6 Å². The highest BCUT2D eigenvalue weighted by Gasteiger charge is 2.61. The van der Waals surface area contributed by atoms with E-state index in [0.717, 1.165) is 18.4 Å². The SMILES string of the molecule is O=C(O)C[C@@H]1C[C@@H](C(c2cccc(Cl)c2)C2CC2)[C@]2(NC1=O)C(=O)Nc1cc(Cl)ccc12. The smallest absolute Gasteiger partial charge is 0.304 e. The molecule has 1 unspecified atom stereocenters. The Labute approximate surface area is 195 Å². The Morgan fingerprint density at radius 2 is 1.88 bits per heavy atom. The molecule has 166 valence electrons. The number of aliphatic carboxylic acids is 1. The summed E-state index contributed by atoms with van der Waals surface area (Å²) in [4.78, 5) is 38.1. The molecular weight excluding hydrogens is 451 g/mol. The predicted molar refractivity (Wildman–Crippen MR) is 121 cm³/mol. The number of halogens is 2. The van der Waals surface area contributed by atoms with E-state index in [4.69, 9.17) is 23.2 Å². The molecule has 6 nitrogen and oxygen atoms in total. The second-order valence-electron chi connectivity index (χ2n) is 9.00. The van der Waals surface area contributed by atoms with Gasteiger partial charge in [0, 0.05) is 33.1 Å². The zero-order valence-corrected chi connectivity index (χ0v) is 18.6. The fourth-order valence-electron chi connectivity index (χ4n) is 5.58. The first kappa shape index (κ1) is 21.3. The molecule has 3 N–H and O–H groups in total. The van der Waals surface area contributed by atoms with Gasteiger partial charge in [-0.25, -0.2) is 0 Å². The Kier molecular flexibility index (Phi) is 5.18. The monoisotopic (exact) mass is 472 g/mol. The van der Waals surface area contributed by atoms with Crippen molar-refractivity contribution in [1.29, 1.82) is 0 Å². The summed E-state index contributed by atoms with van der Waals surface area (Å²) in [5.74, 6) is -2.53. The van der Waals surface area contributed by atoms with Gasteiger partial charge in [0.15, 0.2) is 5.54 Å². The van der Waals surface area contributed by atoms with Crippen LogP contribution in [0.1, 0.15) is 42.7 Å². The third-order valence-corrected chi connectivity index (χ3v) is 7.49. The molecule has 2 aliphatic heterocycles. The molecule has 1 saturated carbocycles. The van der Waals surface area contributed by atoms with Gasteiger partial charge in [-0.1, -0.05) is 41.4 Å². The van der Waals surface area contributed by atoms with Crippen LogP contribution in [0.3, 0.4) is 0 Å². The summed E-state index contributed by atoms with van der Waals surface area (Å²) in [5, 5.41) is 16.4. The van der Waals surface area contributed by atoms with E-state index in [2.05, 4.69) is 10.6 Å². The average molecular weight is 473 g/mol. The Bertz CT molecular complexity index is 1130. The van der Waals surface area contributed by atoms with Crippen LogP contribution in [0.2, 0.25) is 10.0 Å². The number of fused-ring (bicyclic) bond motifs is 2. The lowest BCUT2D eigenvalue weighted by Gasteiger charge is -2.47. The third kappa shape index (κ3) is 3.46. The minimum Gasteiger partial charge on any atom is -0.481 e. The van der Waals surface area contributed by atoms with Gasteiger partial charge in [0.2, 0.25) is 5.91 Å². The Morgan fingerprint density at radius 1 is 1.12 bits per heavy atom. The quantitative estimate of drug-likeness (QED) is 0.593. The van der Waals surface area contributed by atoms with E-state index in [1.54, 1.807) is 24.3 Å². The van der Waals surface area contributed by atoms with Crippen molar-refractivity contribution in [3.63, 3.8) is 0 Å². The summed E-state index contributed by atoms with van der Waals surface area (Å²) >= 11 is 12.5. The van der Waals surface area contributed by atoms with Crippen LogP contribution in [0.4, 0.5) is 5.69 Å². The van der Waals surface area contributed by atoms with Gasteiger partial charge >= 0.3 is 5.97 Å². The number of rotatable bonds is 5. The van der Waals surface area contributed by atoms with Crippen LogP contribution in [-0.4, -0.2) is 22.9 Å². The number of nitrogens with one attached hydrogen (secondary N) is 2. The first-order valence-corrected chi connectivity index (χ1v) is 11.5. The zero-order chi connectivity index (χ0) is 22.6. The molecule has 0 aromatic heterocycles. The second kappa shape index (κ2) is 7.78. The molecule has 2 heterocycles. The predicted octanol–water partition coefficient (Wildman–Crippen LogP) is 4.56. The molecule has 2 aromatic rings. The normalized spacial score (nSPS) is 27.6. The van der Waals surface area contributed by atoms with Gasteiger partial charge in [-0.3, -0.25) is 14.4 Å². The van der Waals surface area contributed by atoms with E-state index in [-0.39, 0.29) is 24.2 Å². The largest absolute Gasteiger partial charge is 0.481 e. The fraction of sp³-hybridized carbons (Fsp3) is 0.375. The molecule has 32 heavy (non-hydrogen) atoms. The number of benzene rings is 2. The number of hydrogen-bond acceptors (Lipinski definition) is 3. The van der Waals surface area contributed by atoms with E-state index in [0.29, 0.717) is 33.6 Å². The highest BCUT2D eigenvalue weighted by Crippen LogP contribution is 2.57. The maximum absolute atomic E-state index is 13.5. The second-order valence-corrected chi connectivity index (χ2v) is 9.87. The van der Waals surface area contributed by atoms with Gasteiger partial charge in [0.1, 0.15) is 0 Å². The molecule has 2 fully saturated rings. The topological polar surface area (TPSA) is 95.5 Å². The van der Waals surface area contributed by atoms with Crippen LogP contribution in [0, 0.1) is 17.8 Å². The summed E-state index contributed by atoms with van der Waals surface area (Å²) in [5.41, 5.74) is 0.961. The van der Waals surface area contributed by atoms with Gasteiger partial charge in [0.25, 0.3) is 5.91 Å². The first-order valence-electron chi connectivity index (χ1n) is 10.7. The number of carbonyl (C=O) groups is 3. The Balaban J connectivity index is 1.67. The molecule has 2 aromatic carbocycles. The van der Waals surface area contributed by atoms with Crippen molar-refractivity contribution >= 4 is 46.7 Å². The Hall–Kier alpha value is -2.57. The molecule has 8 heteroatoms. The lowest BCUT2D eigenvalue weighted by atomic mass is 9.62. The molecule has 0 bridgehead atoms. The number of anilines is 1. The van der Waals surface area contributed by atoms with E-state index < -0.39 is 23.3 Å². The van der Waals surface area contributed by atoms with Crippen LogP contribution in [0.15, 0.2) is 42.5 Å². The molecule has 0 radical (unpaired) electrons. The maximum atomic E-state index is 13.5. The van der Waals surface area contributed by atoms with Crippen LogP contribution in [-0.2, 0) is 19.9 Å². The van der Waals surface area contributed by atoms with Crippen LogP contribution in [0.25, 0.3) is 0 Å². The summed E-state index contributed by atoms with van der Waals surface area (Å²) in [7, 11) is 0. The van der Waals surface area contributed by atoms with E-state index in [9.17, 15) is 19.5 Å². The molecule has 5 rings (SSSR count). The number of carbonyl (C=O) groups excluding carboxylic acids is 2. The number of piperidine rings is 1. The molecule has 1 aliphatic carbocycles. The lowest BCUT2D eigenvalue weighted by Crippen LogP contribution is -2.62. The van der Waals surface area contributed by atoms with Crippen LogP contribution >= 0.6 is 23.2 Å². The molecule has 2 amide bonds. The van der Waals surface area contributed by atoms with Crippen molar-refractivity contribution in [1.82, 2.24) is 5.32 Å². The van der Waals surface area contributed by atoms with Crippen molar-refractivity contribution < 1.29 is 19.5 Å². The fourth-order valence-corrected chi connectivity index (χ4v) is 5.95. The third-order valence-electron chi connectivity index (χ3n) is 7.02. The molecule has 1 saturated heterocycles. The van der Waals surface area contributed by atoms with Gasteiger partial charge in [-0.15, -0.1) is 0 Å². The van der Waals surface area contributed by atoms with Crippen molar-refractivity contribution in [2.75, 3.05) is 5.32 Å². The molecular formula is C24H22Cl2N2O4. The van der Waals surface area contributed by atoms with Crippen molar-refractivity contribution in [3.05, 3.63) is 63.6 Å². The molecule has 1 spiro atoms. The number of hydrogen-bond donors (Lipinski definition) is 3. The highest BCUT2D eigenvalue weighted by molar-refractivity contribution is 6.31. The van der Waals surface area contributed by atoms with E-state index in [1.807, 2.05) is 18.2 Å². The van der Waals surface area contributed by atoms with Gasteiger partial charge in [0.05, 0.1) is 6.42 Å². The number of carboxylic acids is 1. The molecule has 4 atom stereocenters. The summed E-state index contributed by atoms with van der Waals surface area (Å²) in [6.07, 6.45) is 2.04. The van der Waals surface area contributed by atoms with Crippen molar-refractivity contribution in [3.8, 4) is 0 Å². The highest BCUT2D eigenvalue weighted by atomic mass is 35.5. The minimum atomic E-state index is -1.29. The standard InChI is InChI=1S/C24H22Cl2N2O4/c25-15-3-1-2-13(8-15)21(12-4-5-12)18-9-14(10-20(29)30)22(31)28-24(18)17-7-6-16(26)11-19(17)27-23(24)32/h1-3,6-8,11-12,14,18,21H,4-5,9-10H2,(H,27,32)(H,28,31)(H,29,30)/t14-,18-,21?,24-/m0/s1. The molecule has 3 aliphatic rings.